The SMILES string of the molecule is Clc1ccc(Nc2cc[n+]3ccccc3c2)cc1Cl. The van der Waals surface area contributed by atoms with Gasteiger partial charge in [0.2, 0.25) is 5.52 Å². The Morgan fingerprint density at radius 1 is 0.789 bits per heavy atom. The Morgan fingerprint density at radius 3 is 2.47 bits per heavy atom. The van der Waals surface area contributed by atoms with Crippen LogP contribution in [0.1, 0.15) is 0 Å². The smallest absolute Gasteiger partial charge is 0.212 e. The fourth-order valence-corrected chi connectivity index (χ4v) is 2.21. The van der Waals surface area contributed by atoms with Crippen molar-refractivity contribution in [2.75, 3.05) is 5.32 Å². The average Bonchev–Trinajstić information content (AvgIpc) is 2.43. The molecule has 3 rings (SSSR count). The third-order valence-corrected chi connectivity index (χ3v) is 3.59. The van der Waals surface area contributed by atoms with E-state index in [1.807, 2.05) is 42.7 Å². The van der Waals surface area contributed by atoms with E-state index in [1.165, 1.54) is 0 Å². The second-order valence-electron chi connectivity index (χ2n) is 4.20. The van der Waals surface area contributed by atoms with Crippen LogP contribution >= 0.6 is 23.2 Å². The highest BCUT2D eigenvalue weighted by atomic mass is 35.5. The summed E-state index contributed by atoms with van der Waals surface area (Å²) >= 11 is 11.9. The third-order valence-electron chi connectivity index (χ3n) is 2.85. The van der Waals surface area contributed by atoms with Crippen LogP contribution in [-0.2, 0) is 0 Å². The van der Waals surface area contributed by atoms with Crippen molar-refractivity contribution in [3.63, 3.8) is 0 Å². The lowest BCUT2D eigenvalue weighted by atomic mass is 10.2. The van der Waals surface area contributed by atoms with Gasteiger partial charge in [-0.25, -0.2) is 0 Å². The van der Waals surface area contributed by atoms with Gasteiger partial charge in [0.25, 0.3) is 0 Å². The van der Waals surface area contributed by atoms with Crippen molar-refractivity contribution < 1.29 is 4.40 Å². The first-order chi connectivity index (χ1) is 9.22. The summed E-state index contributed by atoms with van der Waals surface area (Å²) in [6.45, 7) is 0. The molecular weight excluding hydrogens is 279 g/mol. The molecule has 0 spiro atoms. The quantitative estimate of drug-likeness (QED) is 0.688. The number of fused-ring (bicyclic) bond motifs is 1. The van der Waals surface area contributed by atoms with E-state index in [1.54, 1.807) is 6.07 Å². The maximum Gasteiger partial charge on any atom is 0.212 e. The molecule has 0 atom stereocenters. The fourth-order valence-electron chi connectivity index (χ4n) is 1.91. The van der Waals surface area contributed by atoms with Crippen molar-refractivity contribution in [3.05, 3.63) is 71.0 Å². The summed E-state index contributed by atoms with van der Waals surface area (Å²) in [4.78, 5) is 0. The van der Waals surface area contributed by atoms with Gasteiger partial charge in [-0.2, -0.15) is 4.40 Å². The van der Waals surface area contributed by atoms with Gasteiger partial charge in [-0.1, -0.05) is 23.2 Å². The Hall–Kier alpha value is -1.77. The zero-order valence-electron chi connectivity index (χ0n) is 9.98. The summed E-state index contributed by atoms with van der Waals surface area (Å²) in [6, 6.07) is 15.6. The highest BCUT2D eigenvalue weighted by Gasteiger charge is 2.04. The molecule has 0 saturated heterocycles. The molecule has 0 aliphatic rings. The molecule has 4 heteroatoms. The molecule has 2 nitrogen and oxygen atoms in total. The molecule has 1 N–H and O–H groups in total. The summed E-state index contributed by atoms with van der Waals surface area (Å²) in [5.74, 6) is 0. The van der Waals surface area contributed by atoms with Crippen molar-refractivity contribution in [1.29, 1.82) is 0 Å². The van der Waals surface area contributed by atoms with Crippen LogP contribution in [0.5, 0.6) is 0 Å². The van der Waals surface area contributed by atoms with Crippen LogP contribution in [0, 0.1) is 0 Å². The fraction of sp³-hybridized carbons (Fsp3) is 0. The van der Waals surface area contributed by atoms with E-state index < -0.39 is 0 Å². The zero-order valence-corrected chi connectivity index (χ0v) is 11.5. The minimum absolute atomic E-state index is 0.543. The van der Waals surface area contributed by atoms with Gasteiger partial charge >= 0.3 is 0 Å². The van der Waals surface area contributed by atoms with Gasteiger partial charge in [0.05, 0.1) is 15.7 Å². The molecule has 0 bridgehead atoms. The first kappa shape index (κ1) is 12.3. The molecule has 0 radical (unpaired) electrons. The van der Waals surface area contributed by atoms with E-state index in [0.717, 1.165) is 16.9 Å². The van der Waals surface area contributed by atoms with Crippen molar-refractivity contribution in [3.8, 4) is 0 Å². The molecule has 0 unspecified atom stereocenters. The van der Waals surface area contributed by atoms with Crippen LogP contribution in [0.3, 0.4) is 0 Å². The summed E-state index contributed by atoms with van der Waals surface area (Å²) in [6.07, 6.45) is 4.02. The molecule has 0 aliphatic carbocycles. The number of halogens is 2. The Labute approximate surface area is 121 Å². The predicted molar refractivity (Wildman–Crippen MR) is 79.3 cm³/mol. The van der Waals surface area contributed by atoms with E-state index in [2.05, 4.69) is 21.9 Å². The van der Waals surface area contributed by atoms with Crippen LogP contribution in [-0.4, -0.2) is 0 Å². The van der Waals surface area contributed by atoms with Crippen LogP contribution < -0.4 is 9.72 Å². The number of hydrogen-bond acceptors (Lipinski definition) is 1. The first-order valence-corrected chi connectivity index (χ1v) is 6.60. The number of nitrogens with one attached hydrogen (secondary N) is 1. The van der Waals surface area contributed by atoms with Gasteiger partial charge in [0, 0.05) is 30.0 Å². The van der Waals surface area contributed by atoms with E-state index >= 15 is 0 Å². The van der Waals surface area contributed by atoms with Crippen molar-refractivity contribution in [2.24, 2.45) is 0 Å². The zero-order chi connectivity index (χ0) is 13.2. The number of hydrogen-bond donors (Lipinski definition) is 1. The molecule has 3 aromatic rings. The van der Waals surface area contributed by atoms with Gasteiger partial charge in [0.1, 0.15) is 0 Å². The number of pyridine rings is 2. The maximum absolute atomic E-state index is 6.00. The summed E-state index contributed by atoms with van der Waals surface area (Å²) in [7, 11) is 0. The van der Waals surface area contributed by atoms with E-state index in [0.29, 0.717) is 10.0 Å². The van der Waals surface area contributed by atoms with Gasteiger partial charge in [-0.3, -0.25) is 0 Å². The monoisotopic (exact) mass is 289 g/mol. The van der Waals surface area contributed by atoms with Gasteiger partial charge in [-0.05, 0) is 24.3 Å². The highest BCUT2D eigenvalue weighted by Crippen LogP contribution is 2.26. The number of rotatable bonds is 2. The molecule has 19 heavy (non-hydrogen) atoms. The first-order valence-electron chi connectivity index (χ1n) is 5.84. The molecule has 0 fully saturated rings. The lowest BCUT2D eigenvalue weighted by Crippen LogP contribution is -2.19. The van der Waals surface area contributed by atoms with Gasteiger partial charge in [0.15, 0.2) is 12.4 Å². The van der Waals surface area contributed by atoms with Crippen molar-refractivity contribution in [1.82, 2.24) is 0 Å². The summed E-state index contributed by atoms with van der Waals surface area (Å²) < 4.78 is 2.06. The van der Waals surface area contributed by atoms with Crippen LogP contribution in [0.25, 0.3) is 5.52 Å². The Kier molecular flexibility index (Phi) is 3.28. The number of nitrogens with zero attached hydrogens (tertiary/aromatic N) is 1. The van der Waals surface area contributed by atoms with Gasteiger partial charge < -0.3 is 5.32 Å². The lowest BCUT2D eigenvalue weighted by molar-refractivity contribution is -0.511. The Balaban J connectivity index is 1.94. The molecule has 0 saturated carbocycles. The van der Waals surface area contributed by atoms with Crippen molar-refractivity contribution >= 4 is 40.1 Å². The average molecular weight is 290 g/mol. The highest BCUT2D eigenvalue weighted by molar-refractivity contribution is 6.42. The number of benzene rings is 1. The second-order valence-corrected chi connectivity index (χ2v) is 5.02. The Morgan fingerprint density at radius 2 is 1.63 bits per heavy atom. The van der Waals surface area contributed by atoms with Crippen LogP contribution in [0.2, 0.25) is 10.0 Å². The topological polar surface area (TPSA) is 16.1 Å². The van der Waals surface area contributed by atoms with Crippen LogP contribution in [0.4, 0.5) is 11.4 Å². The predicted octanol–water partition coefficient (Wildman–Crippen LogP) is 4.48. The van der Waals surface area contributed by atoms with E-state index in [4.69, 9.17) is 23.2 Å². The largest absolute Gasteiger partial charge is 0.355 e. The molecular formula is C15H11Cl2N2+. The minimum atomic E-state index is 0.543. The molecule has 0 aliphatic heterocycles. The second kappa shape index (κ2) is 5.08. The summed E-state index contributed by atoms with van der Waals surface area (Å²) in [5, 5.41) is 4.41. The standard InChI is InChI=1S/C15H10Cl2N2/c16-14-5-4-11(10-15(14)17)18-12-6-8-19-7-2-1-3-13(19)9-12/h1-10H/p+1. The minimum Gasteiger partial charge on any atom is -0.355 e. The summed E-state index contributed by atoms with van der Waals surface area (Å²) in [5.41, 5.74) is 3.03. The van der Waals surface area contributed by atoms with Crippen LogP contribution in [0.15, 0.2) is 60.9 Å². The Bertz CT molecular complexity index is 741. The van der Waals surface area contributed by atoms with E-state index in [-0.39, 0.29) is 0 Å². The molecule has 0 amide bonds. The molecule has 2 heterocycles. The maximum atomic E-state index is 6.00. The normalized spacial score (nSPS) is 10.6. The van der Waals surface area contributed by atoms with Gasteiger partial charge in [-0.15, -0.1) is 0 Å². The number of anilines is 2. The molecule has 94 valence electrons. The third kappa shape index (κ3) is 2.65. The molecule has 1 aromatic carbocycles. The number of aromatic nitrogens is 1. The van der Waals surface area contributed by atoms with Crippen molar-refractivity contribution in [2.45, 2.75) is 0 Å². The van der Waals surface area contributed by atoms with E-state index in [9.17, 15) is 0 Å². The molecule has 2 aromatic heterocycles. The lowest BCUT2D eigenvalue weighted by Gasteiger charge is -2.06.